The van der Waals surface area contributed by atoms with Crippen LogP contribution in [0, 0.1) is 0 Å². The highest BCUT2D eigenvalue weighted by Crippen LogP contribution is 2.30. The minimum absolute atomic E-state index is 0.0520. The van der Waals surface area contributed by atoms with Gasteiger partial charge < -0.3 is 10.1 Å². The zero-order valence-corrected chi connectivity index (χ0v) is 17.8. The van der Waals surface area contributed by atoms with Gasteiger partial charge in [-0.25, -0.2) is 4.79 Å². The molecule has 158 valence electrons. The van der Waals surface area contributed by atoms with Crippen molar-refractivity contribution < 1.29 is 14.3 Å². The van der Waals surface area contributed by atoms with Crippen molar-refractivity contribution >= 4 is 29.1 Å². The van der Waals surface area contributed by atoms with Crippen molar-refractivity contribution in [1.29, 1.82) is 0 Å². The maximum atomic E-state index is 12.7. The Balaban J connectivity index is 1.44. The van der Waals surface area contributed by atoms with Gasteiger partial charge in [-0.1, -0.05) is 23.9 Å². The Labute approximate surface area is 179 Å². The van der Waals surface area contributed by atoms with Crippen LogP contribution in [0.25, 0.3) is 0 Å². The molecule has 1 N–H and O–H groups in total. The molecule has 2 heterocycles. The van der Waals surface area contributed by atoms with Gasteiger partial charge in [-0.2, -0.15) is 4.98 Å². The van der Waals surface area contributed by atoms with E-state index in [2.05, 4.69) is 10.3 Å². The quantitative estimate of drug-likeness (QED) is 0.415. The van der Waals surface area contributed by atoms with Crippen LogP contribution in [0.4, 0.5) is 5.69 Å². The van der Waals surface area contributed by atoms with Crippen molar-refractivity contribution in [2.24, 2.45) is 0 Å². The van der Waals surface area contributed by atoms with Crippen molar-refractivity contribution in [2.75, 3.05) is 17.7 Å². The summed E-state index contributed by atoms with van der Waals surface area (Å²) in [6, 6.07) is 6.86. The molecule has 1 fully saturated rings. The molecule has 2 aromatic rings. The number of Topliss-reactive ketones (excluding diaryl/α,β-unsaturated/α-hetero) is 1. The van der Waals surface area contributed by atoms with Crippen LogP contribution in [0.2, 0.25) is 0 Å². The van der Waals surface area contributed by atoms with Crippen molar-refractivity contribution in [3.63, 3.8) is 0 Å². The van der Waals surface area contributed by atoms with Crippen LogP contribution in [0.1, 0.15) is 47.8 Å². The summed E-state index contributed by atoms with van der Waals surface area (Å²) in [4.78, 5) is 40.9. The number of nitrogens with zero attached hydrogens (tertiary/aromatic N) is 2. The summed E-state index contributed by atoms with van der Waals surface area (Å²) in [5, 5.41) is 3.47. The van der Waals surface area contributed by atoms with Gasteiger partial charge in [-0.05, 0) is 51.2 Å². The van der Waals surface area contributed by atoms with Gasteiger partial charge in [0.1, 0.15) is 5.03 Å². The number of ether oxygens (including phenoxy) is 1. The monoisotopic (exact) mass is 427 g/mol. The first-order chi connectivity index (χ1) is 14.5. The van der Waals surface area contributed by atoms with Gasteiger partial charge in [0.2, 0.25) is 5.91 Å². The summed E-state index contributed by atoms with van der Waals surface area (Å²) in [7, 11) is 0. The second-order valence-corrected chi connectivity index (χ2v) is 8.66. The van der Waals surface area contributed by atoms with Gasteiger partial charge in [-0.3, -0.25) is 14.2 Å². The van der Waals surface area contributed by atoms with E-state index < -0.39 is 0 Å². The van der Waals surface area contributed by atoms with E-state index in [1.54, 1.807) is 28.8 Å². The van der Waals surface area contributed by atoms with Crippen LogP contribution in [0.15, 0.2) is 34.1 Å². The second-order valence-electron chi connectivity index (χ2n) is 7.70. The number of carbonyl (C=O) groups excluding carboxylic acids is 2. The van der Waals surface area contributed by atoms with Gasteiger partial charge >= 0.3 is 5.69 Å². The first kappa shape index (κ1) is 20.8. The van der Waals surface area contributed by atoms with E-state index in [1.165, 1.54) is 18.7 Å². The smallest absolute Gasteiger partial charge is 0.348 e. The van der Waals surface area contributed by atoms with E-state index in [0.717, 1.165) is 50.0 Å². The number of aromatic nitrogens is 2. The largest absolute Gasteiger partial charge is 0.376 e. The molecule has 1 saturated heterocycles. The molecule has 1 aliphatic carbocycles. The molecule has 2 aliphatic rings. The number of anilines is 1. The number of carbonyl (C=O) groups is 2. The number of amides is 1. The van der Waals surface area contributed by atoms with Crippen LogP contribution in [-0.2, 0) is 28.9 Å². The lowest BCUT2D eigenvalue weighted by atomic mass is 10.1. The van der Waals surface area contributed by atoms with Gasteiger partial charge in [0.05, 0.1) is 18.4 Å². The topological polar surface area (TPSA) is 90.3 Å². The fourth-order valence-electron chi connectivity index (χ4n) is 4.03. The van der Waals surface area contributed by atoms with Crippen molar-refractivity contribution in [3.8, 4) is 0 Å². The summed E-state index contributed by atoms with van der Waals surface area (Å²) >= 11 is 1.29. The summed E-state index contributed by atoms with van der Waals surface area (Å²) in [6.07, 6.45) is 4.82. The van der Waals surface area contributed by atoms with E-state index >= 15 is 0 Å². The third-order valence-corrected chi connectivity index (χ3v) is 6.52. The molecule has 4 rings (SSSR count). The van der Waals surface area contributed by atoms with Crippen LogP contribution in [0.3, 0.4) is 0 Å². The van der Waals surface area contributed by atoms with Crippen LogP contribution in [0.5, 0.6) is 0 Å². The summed E-state index contributed by atoms with van der Waals surface area (Å²) in [5.74, 6) is -0.0968. The summed E-state index contributed by atoms with van der Waals surface area (Å²) in [5.41, 5.74) is 3.00. The molecular formula is C22H25N3O4S. The zero-order chi connectivity index (χ0) is 21.1. The van der Waals surface area contributed by atoms with E-state index in [9.17, 15) is 14.4 Å². The number of thioether (sulfide) groups is 1. The molecule has 0 radical (unpaired) electrons. The van der Waals surface area contributed by atoms with E-state index in [-0.39, 0.29) is 29.2 Å². The van der Waals surface area contributed by atoms with Gasteiger partial charge in [0.15, 0.2) is 5.78 Å². The highest BCUT2D eigenvalue weighted by molar-refractivity contribution is 8.00. The average Bonchev–Trinajstić information content (AvgIpc) is 3.41. The Morgan fingerprint density at radius 3 is 2.93 bits per heavy atom. The molecule has 1 aromatic carbocycles. The number of benzene rings is 1. The zero-order valence-electron chi connectivity index (χ0n) is 17.0. The van der Waals surface area contributed by atoms with Crippen LogP contribution < -0.4 is 11.0 Å². The fourth-order valence-corrected chi connectivity index (χ4v) is 4.91. The molecule has 0 spiro atoms. The first-order valence-corrected chi connectivity index (χ1v) is 11.3. The molecule has 7 nitrogen and oxygen atoms in total. The number of nitrogens with one attached hydrogen (secondary N) is 1. The Morgan fingerprint density at radius 1 is 1.30 bits per heavy atom. The lowest BCUT2D eigenvalue weighted by Crippen LogP contribution is -2.31. The highest BCUT2D eigenvalue weighted by atomic mass is 32.2. The molecule has 1 atom stereocenters. The third kappa shape index (κ3) is 4.65. The SMILES string of the molecule is CC(=O)c1cccc(NC(=O)CSc2nc(=O)n(CC3CCCO3)c3c2CCC3)c1. The highest BCUT2D eigenvalue weighted by Gasteiger charge is 2.25. The maximum absolute atomic E-state index is 12.7. The Hall–Kier alpha value is -2.45. The van der Waals surface area contributed by atoms with E-state index in [0.29, 0.717) is 22.8 Å². The standard InChI is InChI=1S/C22H25N3O4S/c1-14(26)15-5-2-6-16(11-15)23-20(27)13-30-21-18-8-3-9-19(18)25(22(28)24-21)12-17-7-4-10-29-17/h2,5-6,11,17H,3-4,7-10,12-13H2,1H3,(H,23,27). The molecule has 1 aromatic heterocycles. The number of fused-ring (bicyclic) bond motifs is 1. The first-order valence-electron chi connectivity index (χ1n) is 10.3. The number of ketones is 1. The lowest BCUT2D eigenvalue weighted by molar-refractivity contribution is -0.113. The van der Waals surface area contributed by atoms with E-state index in [4.69, 9.17) is 4.74 Å². The average molecular weight is 428 g/mol. The van der Waals surface area contributed by atoms with Gasteiger partial charge in [0.25, 0.3) is 0 Å². The number of hydrogen-bond donors (Lipinski definition) is 1. The Morgan fingerprint density at radius 2 is 2.17 bits per heavy atom. The van der Waals surface area contributed by atoms with Crippen LogP contribution >= 0.6 is 11.8 Å². The molecule has 0 saturated carbocycles. The summed E-state index contributed by atoms with van der Waals surface area (Å²) in [6.45, 7) is 2.81. The van der Waals surface area contributed by atoms with Crippen molar-refractivity contribution in [2.45, 2.75) is 56.7 Å². The second kappa shape index (κ2) is 9.14. The predicted molar refractivity (Wildman–Crippen MR) is 115 cm³/mol. The predicted octanol–water partition coefficient (Wildman–Crippen LogP) is 2.84. The van der Waals surface area contributed by atoms with E-state index in [1.807, 2.05) is 0 Å². The van der Waals surface area contributed by atoms with Crippen molar-refractivity contribution in [1.82, 2.24) is 9.55 Å². The van der Waals surface area contributed by atoms with Gasteiger partial charge in [-0.15, -0.1) is 0 Å². The molecule has 1 unspecified atom stereocenters. The fraction of sp³-hybridized carbons (Fsp3) is 0.455. The molecule has 1 aliphatic heterocycles. The molecule has 8 heteroatoms. The number of rotatable bonds is 7. The molecule has 30 heavy (non-hydrogen) atoms. The Kier molecular flexibility index (Phi) is 6.34. The molecular weight excluding hydrogens is 402 g/mol. The molecule has 0 bridgehead atoms. The normalized spacial score (nSPS) is 17.7. The lowest BCUT2D eigenvalue weighted by Gasteiger charge is -2.17. The maximum Gasteiger partial charge on any atom is 0.348 e. The Bertz CT molecular complexity index is 1030. The van der Waals surface area contributed by atoms with Crippen LogP contribution in [-0.4, -0.2) is 39.7 Å². The third-order valence-electron chi connectivity index (χ3n) is 5.50. The minimum atomic E-state index is -0.261. The summed E-state index contributed by atoms with van der Waals surface area (Å²) < 4.78 is 7.47. The van der Waals surface area contributed by atoms with Gasteiger partial charge in [0, 0.05) is 29.1 Å². The minimum Gasteiger partial charge on any atom is -0.376 e. The molecule has 1 amide bonds. The van der Waals surface area contributed by atoms with Crippen molar-refractivity contribution in [3.05, 3.63) is 51.6 Å². The number of hydrogen-bond acceptors (Lipinski definition) is 6.